The third-order valence-electron chi connectivity index (χ3n) is 2.28. The van der Waals surface area contributed by atoms with Crippen molar-refractivity contribution in [3.05, 3.63) is 0 Å². The van der Waals surface area contributed by atoms with E-state index in [0.717, 1.165) is 0 Å². The van der Waals surface area contributed by atoms with Crippen molar-refractivity contribution in [3.63, 3.8) is 0 Å². The van der Waals surface area contributed by atoms with E-state index in [9.17, 15) is 0 Å². The summed E-state index contributed by atoms with van der Waals surface area (Å²) in [5.41, 5.74) is 0. The zero-order valence-corrected chi connectivity index (χ0v) is 6.73. The van der Waals surface area contributed by atoms with Crippen molar-refractivity contribution in [1.82, 2.24) is 5.32 Å². The molecular weight excluding hydrogens is 148 g/mol. The van der Waals surface area contributed by atoms with Crippen LogP contribution in [0.1, 0.15) is 25.7 Å². The molecular formula is C7H13ClN2. The number of nitrogens with zero attached hydrogens (tertiary/aromatic N) is 1. The number of hydrogen-bond donors (Lipinski definition) is 1. The molecule has 58 valence electrons. The molecule has 1 fully saturated rings. The second kappa shape index (κ2) is 3.24. The van der Waals surface area contributed by atoms with Gasteiger partial charge in [-0.3, -0.25) is 4.99 Å². The lowest BCUT2D eigenvalue weighted by atomic mass is 9.92. The fraction of sp³-hybridized carbons (Fsp3) is 0.857. The van der Waals surface area contributed by atoms with Crippen LogP contribution in [0.4, 0.5) is 0 Å². The van der Waals surface area contributed by atoms with Gasteiger partial charge in [-0.15, -0.1) is 12.4 Å². The molecule has 10 heavy (non-hydrogen) atoms. The number of halogens is 1. The van der Waals surface area contributed by atoms with E-state index in [1.54, 1.807) is 0 Å². The molecule has 0 radical (unpaired) electrons. The summed E-state index contributed by atoms with van der Waals surface area (Å²) in [5, 5.41) is 3.27. The van der Waals surface area contributed by atoms with Gasteiger partial charge in [0.1, 0.15) is 0 Å². The number of rotatable bonds is 0. The fourth-order valence-electron chi connectivity index (χ4n) is 1.72. The minimum atomic E-state index is 0. The van der Waals surface area contributed by atoms with Crippen molar-refractivity contribution >= 4 is 18.7 Å². The molecule has 3 heteroatoms. The summed E-state index contributed by atoms with van der Waals surface area (Å²) in [7, 11) is 0. The fourth-order valence-corrected chi connectivity index (χ4v) is 1.72. The molecule has 0 saturated heterocycles. The second-order valence-corrected chi connectivity index (χ2v) is 2.90. The van der Waals surface area contributed by atoms with E-state index >= 15 is 0 Å². The Hall–Kier alpha value is -0.240. The van der Waals surface area contributed by atoms with Crippen LogP contribution < -0.4 is 5.32 Å². The quantitative estimate of drug-likeness (QED) is 0.569. The van der Waals surface area contributed by atoms with Crippen molar-refractivity contribution in [2.75, 3.05) is 0 Å². The maximum atomic E-state index is 4.32. The van der Waals surface area contributed by atoms with Crippen LogP contribution in [0.3, 0.4) is 0 Å². The first kappa shape index (κ1) is 7.86. The first-order valence-corrected chi connectivity index (χ1v) is 3.74. The Morgan fingerprint density at radius 2 is 2.10 bits per heavy atom. The number of nitrogens with one attached hydrogen (secondary N) is 1. The SMILES string of the molecule is C1=NC2CCCCC2N1.Cl. The molecule has 1 heterocycles. The van der Waals surface area contributed by atoms with Crippen LogP contribution in [-0.4, -0.2) is 18.4 Å². The molecule has 0 amide bonds. The Balaban J connectivity index is 0.000000500. The van der Waals surface area contributed by atoms with Gasteiger partial charge in [0.2, 0.25) is 0 Å². The Labute approximate surface area is 67.5 Å². The van der Waals surface area contributed by atoms with Crippen molar-refractivity contribution in [2.24, 2.45) is 4.99 Å². The predicted molar refractivity (Wildman–Crippen MR) is 44.9 cm³/mol. The van der Waals surface area contributed by atoms with E-state index in [-0.39, 0.29) is 12.4 Å². The van der Waals surface area contributed by atoms with Crippen molar-refractivity contribution < 1.29 is 0 Å². The lowest BCUT2D eigenvalue weighted by Crippen LogP contribution is -2.34. The summed E-state index contributed by atoms with van der Waals surface area (Å²) in [4.78, 5) is 4.32. The van der Waals surface area contributed by atoms with Crippen LogP contribution >= 0.6 is 12.4 Å². The zero-order chi connectivity index (χ0) is 6.10. The average Bonchev–Trinajstić information content (AvgIpc) is 2.33. The van der Waals surface area contributed by atoms with Gasteiger partial charge in [0, 0.05) is 6.04 Å². The maximum absolute atomic E-state index is 4.32. The highest BCUT2D eigenvalue weighted by atomic mass is 35.5. The van der Waals surface area contributed by atoms with E-state index in [1.807, 2.05) is 6.34 Å². The smallest absolute Gasteiger partial charge is 0.0831 e. The van der Waals surface area contributed by atoms with E-state index in [1.165, 1.54) is 25.7 Å². The van der Waals surface area contributed by atoms with Gasteiger partial charge < -0.3 is 5.32 Å². The summed E-state index contributed by atoms with van der Waals surface area (Å²) in [6.45, 7) is 0. The van der Waals surface area contributed by atoms with Crippen LogP contribution in [0.2, 0.25) is 0 Å². The predicted octanol–water partition coefficient (Wildman–Crippen LogP) is 1.35. The van der Waals surface area contributed by atoms with Gasteiger partial charge in [-0.2, -0.15) is 0 Å². The molecule has 2 atom stereocenters. The minimum Gasteiger partial charge on any atom is -0.372 e. The van der Waals surface area contributed by atoms with Crippen LogP contribution in [-0.2, 0) is 0 Å². The Kier molecular flexibility index (Phi) is 2.55. The van der Waals surface area contributed by atoms with Gasteiger partial charge >= 0.3 is 0 Å². The number of fused-ring (bicyclic) bond motifs is 1. The first-order chi connectivity index (χ1) is 4.47. The van der Waals surface area contributed by atoms with E-state index in [4.69, 9.17) is 0 Å². The van der Waals surface area contributed by atoms with E-state index in [0.29, 0.717) is 12.1 Å². The molecule has 0 aromatic carbocycles. The maximum Gasteiger partial charge on any atom is 0.0831 e. The lowest BCUT2D eigenvalue weighted by molar-refractivity contribution is 0.385. The van der Waals surface area contributed by atoms with Gasteiger partial charge in [0.25, 0.3) is 0 Å². The van der Waals surface area contributed by atoms with Gasteiger partial charge in [0.15, 0.2) is 0 Å². The van der Waals surface area contributed by atoms with Crippen molar-refractivity contribution in [2.45, 2.75) is 37.8 Å². The third kappa shape index (κ3) is 1.26. The van der Waals surface area contributed by atoms with E-state index < -0.39 is 0 Å². The molecule has 1 aliphatic carbocycles. The van der Waals surface area contributed by atoms with Gasteiger partial charge in [-0.1, -0.05) is 12.8 Å². The van der Waals surface area contributed by atoms with Crippen LogP contribution in [0.25, 0.3) is 0 Å². The van der Waals surface area contributed by atoms with Crippen molar-refractivity contribution in [3.8, 4) is 0 Å². The summed E-state index contributed by atoms with van der Waals surface area (Å²) in [6.07, 6.45) is 7.26. The monoisotopic (exact) mass is 160 g/mol. The molecule has 0 aromatic heterocycles. The molecule has 2 rings (SSSR count). The molecule has 1 aliphatic heterocycles. The van der Waals surface area contributed by atoms with Crippen molar-refractivity contribution in [1.29, 1.82) is 0 Å². The molecule has 1 saturated carbocycles. The number of aliphatic imine (C=N–C) groups is 1. The Morgan fingerprint density at radius 3 is 2.90 bits per heavy atom. The number of hydrogen-bond acceptors (Lipinski definition) is 2. The Morgan fingerprint density at radius 1 is 1.30 bits per heavy atom. The summed E-state index contributed by atoms with van der Waals surface area (Å²) in [5.74, 6) is 0. The summed E-state index contributed by atoms with van der Waals surface area (Å²) < 4.78 is 0. The topological polar surface area (TPSA) is 24.4 Å². The highest BCUT2D eigenvalue weighted by Crippen LogP contribution is 2.22. The molecule has 0 spiro atoms. The summed E-state index contributed by atoms with van der Waals surface area (Å²) >= 11 is 0. The van der Waals surface area contributed by atoms with Gasteiger partial charge in [-0.25, -0.2) is 0 Å². The van der Waals surface area contributed by atoms with Crippen LogP contribution in [0.5, 0.6) is 0 Å². The minimum absolute atomic E-state index is 0. The highest BCUT2D eigenvalue weighted by molar-refractivity contribution is 5.85. The van der Waals surface area contributed by atoms with Crippen LogP contribution in [0.15, 0.2) is 4.99 Å². The van der Waals surface area contributed by atoms with Gasteiger partial charge in [-0.05, 0) is 12.8 Å². The third-order valence-corrected chi connectivity index (χ3v) is 2.28. The molecule has 2 aliphatic rings. The molecule has 0 bridgehead atoms. The Bertz CT molecular complexity index is 136. The lowest BCUT2D eigenvalue weighted by Gasteiger charge is -2.22. The zero-order valence-electron chi connectivity index (χ0n) is 5.92. The molecule has 2 unspecified atom stereocenters. The van der Waals surface area contributed by atoms with Gasteiger partial charge in [0.05, 0.1) is 12.4 Å². The second-order valence-electron chi connectivity index (χ2n) is 2.90. The van der Waals surface area contributed by atoms with E-state index in [2.05, 4.69) is 10.3 Å². The van der Waals surface area contributed by atoms with Crippen LogP contribution in [0, 0.1) is 0 Å². The molecule has 1 N–H and O–H groups in total. The molecule has 2 nitrogen and oxygen atoms in total. The first-order valence-electron chi connectivity index (χ1n) is 3.74. The standard InChI is InChI=1S/C7H12N2.ClH/c1-2-4-7-6(3-1)8-5-9-7;/h5-7H,1-4H2,(H,8,9);1H. The molecule has 0 aromatic rings. The largest absolute Gasteiger partial charge is 0.372 e. The highest BCUT2D eigenvalue weighted by Gasteiger charge is 2.25. The normalized spacial score (nSPS) is 36.0. The summed E-state index contributed by atoms with van der Waals surface area (Å²) in [6, 6.07) is 1.32. The average molecular weight is 161 g/mol.